The van der Waals surface area contributed by atoms with Gasteiger partial charge in [0.2, 0.25) is 5.82 Å². The molecule has 0 saturated heterocycles. The number of rotatable bonds is 7. The lowest BCUT2D eigenvalue weighted by atomic mass is 10.2. The van der Waals surface area contributed by atoms with Gasteiger partial charge in [0.1, 0.15) is 5.82 Å². The highest BCUT2D eigenvalue weighted by Crippen LogP contribution is 2.10. The van der Waals surface area contributed by atoms with E-state index in [0.717, 1.165) is 0 Å². The van der Waals surface area contributed by atoms with Crippen LogP contribution < -0.4 is 0 Å². The van der Waals surface area contributed by atoms with E-state index in [4.69, 9.17) is 0 Å². The molecule has 1 amide bonds. The predicted molar refractivity (Wildman–Crippen MR) is 77.8 cm³/mol. The second kappa shape index (κ2) is 7.75. The molecule has 0 unspecified atom stereocenters. The molecule has 1 heterocycles. The Morgan fingerprint density at radius 1 is 1.29 bits per heavy atom. The number of nitrogens with zero attached hydrogens (tertiary/aromatic N) is 3. The summed E-state index contributed by atoms with van der Waals surface area (Å²) in [5.41, 5.74) is 0. The van der Waals surface area contributed by atoms with Crippen LogP contribution in [0.5, 0.6) is 0 Å². The molecular formula is C14H24N4O3. The Morgan fingerprint density at radius 3 is 2.43 bits per heavy atom. The molecule has 7 nitrogen and oxygen atoms in total. The summed E-state index contributed by atoms with van der Waals surface area (Å²) in [6.07, 6.45) is 0.163. The van der Waals surface area contributed by atoms with Crippen LogP contribution in [0.1, 0.15) is 56.5 Å². The number of nitrogens with one attached hydrogen (secondary N) is 1. The first-order valence-electron chi connectivity index (χ1n) is 7.13. The third-order valence-electron chi connectivity index (χ3n) is 2.93. The number of aromatic nitrogens is 3. The van der Waals surface area contributed by atoms with Crippen LogP contribution in [-0.4, -0.2) is 52.2 Å². The SMILES string of the molecule is COC(=O)CCN(CC(C)C)C(=O)c1n[nH]c(C(C)C)n1. The van der Waals surface area contributed by atoms with Gasteiger partial charge in [-0.05, 0) is 5.92 Å². The molecule has 7 heteroatoms. The van der Waals surface area contributed by atoms with E-state index in [1.807, 2.05) is 27.7 Å². The smallest absolute Gasteiger partial charge is 0.307 e. The van der Waals surface area contributed by atoms with Crippen molar-refractivity contribution in [2.75, 3.05) is 20.2 Å². The lowest BCUT2D eigenvalue weighted by molar-refractivity contribution is -0.140. The fourth-order valence-electron chi connectivity index (χ4n) is 1.81. The Hall–Kier alpha value is -1.92. The maximum Gasteiger partial charge on any atom is 0.307 e. The summed E-state index contributed by atoms with van der Waals surface area (Å²) in [4.78, 5) is 29.5. The fraction of sp³-hybridized carbons (Fsp3) is 0.714. The van der Waals surface area contributed by atoms with Crippen LogP contribution in [0.4, 0.5) is 0 Å². The van der Waals surface area contributed by atoms with Gasteiger partial charge < -0.3 is 9.64 Å². The average molecular weight is 296 g/mol. The minimum Gasteiger partial charge on any atom is -0.469 e. The fourth-order valence-corrected chi connectivity index (χ4v) is 1.81. The van der Waals surface area contributed by atoms with Gasteiger partial charge in [-0.3, -0.25) is 14.7 Å². The second-order valence-corrected chi connectivity index (χ2v) is 5.67. The van der Waals surface area contributed by atoms with Gasteiger partial charge in [0.25, 0.3) is 5.91 Å². The van der Waals surface area contributed by atoms with E-state index in [9.17, 15) is 9.59 Å². The third kappa shape index (κ3) is 5.17. The zero-order valence-corrected chi connectivity index (χ0v) is 13.3. The zero-order chi connectivity index (χ0) is 16.0. The molecule has 0 aliphatic heterocycles. The van der Waals surface area contributed by atoms with E-state index in [2.05, 4.69) is 19.9 Å². The first-order valence-corrected chi connectivity index (χ1v) is 7.13. The Morgan fingerprint density at radius 2 is 1.95 bits per heavy atom. The lowest BCUT2D eigenvalue weighted by Gasteiger charge is -2.22. The molecule has 21 heavy (non-hydrogen) atoms. The number of amides is 1. The number of methoxy groups -OCH3 is 1. The number of ether oxygens (including phenoxy) is 1. The quantitative estimate of drug-likeness (QED) is 0.772. The molecule has 0 saturated carbocycles. The van der Waals surface area contributed by atoms with Crippen molar-refractivity contribution in [3.8, 4) is 0 Å². The van der Waals surface area contributed by atoms with E-state index >= 15 is 0 Å². The van der Waals surface area contributed by atoms with E-state index in [1.54, 1.807) is 4.90 Å². The highest BCUT2D eigenvalue weighted by molar-refractivity contribution is 5.90. The summed E-state index contributed by atoms with van der Waals surface area (Å²) in [6.45, 7) is 8.80. The van der Waals surface area contributed by atoms with Gasteiger partial charge >= 0.3 is 5.97 Å². The molecule has 1 aromatic heterocycles. The van der Waals surface area contributed by atoms with Crippen molar-refractivity contribution in [1.82, 2.24) is 20.1 Å². The number of H-pyrrole nitrogens is 1. The highest BCUT2D eigenvalue weighted by atomic mass is 16.5. The van der Waals surface area contributed by atoms with Gasteiger partial charge in [-0.2, -0.15) is 0 Å². The van der Waals surface area contributed by atoms with Crippen molar-refractivity contribution in [2.45, 2.75) is 40.0 Å². The molecule has 0 aromatic carbocycles. The van der Waals surface area contributed by atoms with E-state index in [1.165, 1.54) is 7.11 Å². The minimum atomic E-state index is -0.339. The van der Waals surface area contributed by atoms with Gasteiger partial charge in [0.05, 0.1) is 13.5 Å². The van der Waals surface area contributed by atoms with Crippen LogP contribution in [0.2, 0.25) is 0 Å². The Bertz CT molecular complexity index is 482. The van der Waals surface area contributed by atoms with E-state index < -0.39 is 0 Å². The number of hydrogen-bond acceptors (Lipinski definition) is 5. The van der Waals surface area contributed by atoms with Crippen molar-refractivity contribution in [1.29, 1.82) is 0 Å². The van der Waals surface area contributed by atoms with E-state index in [-0.39, 0.29) is 36.0 Å². The largest absolute Gasteiger partial charge is 0.469 e. The van der Waals surface area contributed by atoms with Crippen LogP contribution in [-0.2, 0) is 9.53 Å². The number of carbonyl (C=O) groups excluding carboxylic acids is 2. The van der Waals surface area contributed by atoms with Gasteiger partial charge in [0.15, 0.2) is 0 Å². The Balaban J connectivity index is 2.80. The normalized spacial score (nSPS) is 11.0. The Labute approximate surface area is 125 Å². The van der Waals surface area contributed by atoms with E-state index in [0.29, 0.717) is 18.9 Å². The second-order valence-electron chi connectivity index (χ2n) is 5.67. The minimum absolute atomic E-state index is 0.143. The molecule has 1 aromatic rings. The highest BCUT2D eigenvalue weighted by Gasteiger charge is 2.22. The van der Waals surface area contributed by atoms with Crippen molar-refractivity contribution in [3.63, 3.8) is 0 Å². The molecule has 0 spiro atoms. The summed E-state index contributed by atoms with van der Waals surface area (Å²) < 4.78 is 4.61. The summed E-state index contributed by atoms with van der Waals surface area (Å²) in [5.74, 6) is 0.674. The molecule has 1 N–H and O–H groups in total. The molecular weight excluding hydrogens is 272 g/mol. The number of hydrogen-bond donors (Lipinski definition) is 1. The van der Waals surface area contributed by atoms with Crippen molar-refractivity contribution < 1.29 is 14.3 Å². The maximum atomic E-state index is 12.4. The molecule has 0 fully saturated rings. The van der Waals surface area contributed by atoms with Crippen molar-refractivity contribution in [3.05, 3.63) is 11.6 Å². The average Bonchev–Trinajstić information content (AvgIpc) is 2.91. The Kier molecular flexibility index (Phi) is 6.33. The monoisotopic (exact) mass is 296 g/mol. The summed E-state index contributed by atoms with van der Waals surface area (Å²) in [5, 5.41) is 6.74. The number of esters is 1. The maximum absolute atomic E-state index is 12.4. The van der Waals surface area contributed by atoms with Gasteiger partial charge in [-0.15, -0.1) is 5.10 Å². The number of aromatic amines is 1. The number of carbonyl (C=O) groups is 2. The van der Waals surface area contributed by atoms with Gasteiger partial charge in [-0.25, -0.2) is 4.98 Å². The molecule has 0 bridgehead atoms. The first kappa shape index (κ1) is 17.1. The van der Waals surface area contributed by atoms with Crippen LogP contribution >= 0.6 is 0 Å². The topological polar surface area (TPSA) is 88.2 Å². The third-order valence-corrected chi connectivity index (χ3v) is 2.93. The molecule has 1 rings (SSSR count). The predicted octanol–water partition coefficient (Wildman–Crippen LogP) is 1.59. The van der Waals surface area contributed by atoms with Gasteiger partial charge in [-0.1, -0.05) is 27.7 Å². The lowest BCUT2D eigenvalue weighted by Crippen LogP contribution is -2.36. The first-order chi connectivity index (χ1) is 9.85. The standard InChI is InChI=1S/C14H24N4O3/c1-9(2)8-18(7-6-11(19)21-5)14(20)13-15-12(10(3)4)16-17-13/h9-10H,6-8H2,1-5H3,(H,15,16,17). The summed E-state index contributed by atoms with van der Waals surface area (Å²) >= 11 is 0. The van der Waals surface area contributed by atoms with Crippen LogP contribution in [0.25, 0.3) is 0 Å². The summed E-state index contributed by atoms with van der Waals surface area (Å²) in [7, 11) is 1.33. The molecule has 0 aliphatic rings. The van der Waals surface area contributed by atoms with Crippen LogP contribution in [0, 0.1) is 5.92 Å². The molecule has 0 radical (unpaired) electrons. The molecule has 118 valence electrons. The van der Waals surface area contributed by atoms with Gasteiger partial charge in [0, 0.05) is 19.0 Å². The van der Waals surface area contributed by atoms with Crippen LogP contribution in [0.15, 0.2) is 0 Å². The molecule has 0 atom stereocenters. The van der Waals surface area contributed by atoms with Crippen molar-refractivity contribution >= 4 is 11.9 Å². The summed E-state index contributed by atoms with van der Waals surface area (Å²) in [6, 6.07) is 0. The van der Waals surface area contributed by atoms with Crippen LogP contribution in [0.3, 0.4) is 0 Å². The van der Waals surface area contributed by atoms with Crippen molar-refractivity contribution in [2.24, 2.45) is 5.92 Å². The molecule has 0 aliphatic carbocycles. The zero-order valence-electron chi connectivity index (χ0n) is 13.3.